The number of hydrogen-bond acceptors (Lipinski definition) is 2. The van der Waals surface area contributed by atoms with Gasteiger partial charge in [0.2, 0.25) is 0 Å². The van der Waals surface area contributed by atoms with Crippen LogP contribution in [-0.4, -0.2) is 18.7 Å². The highest BCUT2D eigenvalue weighted by atomic mass is 16.3. The molecule has 1 fully saturated rings. The molecule has 1 aromatic rings. The molecule has 118 valence electrons. The highest BCUT2D eigenvalue weighted by molar-refractivity contribution is 5.28. The fourth-order valence-electron chi connectivity index (χ4n) is 3.62. The van der Waals surface area contributed by atoms with Crippen LogP contribution in [0.1, 0.15) is 69.6 Å². The van der Waals surface area contributed by atoms with Crippen LogP contribution in [0.3, 0.4) is 0 Å². The fraction of sp³-hybridized carbons (Fsp3) is 0.684. The summed E-state index contributed by atoms with van der Waals surface area (Å²) in [7, 11) is 1.88. The Morgan fingerprint density at radius 1 is 1.19 bits per heavy atom. The molecule has 0 heterocycles. The molecule has 0 bridgehead atoms. The molecule has 21 heavy (non-hydrogen) atoms. The Bertz CT molecular complexity index is 441. The van der Waals surface area contributed by atoms with Gasteiger partial charge in [-0.1, -0.05) is 45.0 Å². The third-order valence-corrected chi connectivity index (χ3v) is 5.12. The Labute approximate surface area is 130 Å². The molecule has 0 spiro atoms. The van der Waals surface area contributed by atoms with Crippen molar-refractivity contribution in [1.82, 2.24) is 5.32 Å². The second-order valence-corrected chi connectivity index (χ2v) is 7.66. The molecule has 1 aliphatic carbocycles. The fourth-order valence-corrected chi connectivity index (χ4v) is 3.62. The average molecular weight is 289 g/mol. The average Bonchev–Trinajstić information content (AvgIpc) is 2.47. The Morgan fingerprint density at radius 2 is 1.86 bits per heavy atom. The van der Waals surface area contributed by atoms with Crippen molar-refractivity contribution < 1.29 is 5.11 Å². The van der Waals surface area contributed by atoms with Crippen LogP contribution in [0.15, 0.2) is 24.3 Å². The van der Waals surface area contributed by atoms with E-state index in [9.17, 15) is 5.11 Å². The summed E-state index contributed by atoms with van der Waals surface area (Å²) in [6.45, 7) is 7.71. The molecular formula is C19H31NO. The minimum atomic E-state index is -0.402. The zero-order valence-electron chi connectivity index (χ0n) is 14.0. The molecule has 2 nitrogen and oxygen atoms in total. The first-order chi connectivity index (χ1) is 9.91. The molecule has 1 unspecified atom stereocenters. The summed E-state index contributed by atoms with van der Waals surface area (Å²) in [4.78, 5) is 0. The Morgan fingerprint density at radius 3 is 2.43 bits per heavy atom. The van der Waals surface area contributed by atoms with Gasteiger partial charge >= 0.3 is 0 Å². The molecule has 1 atom stereocenters. The molecular weight excluding hydrogens is 258 g/mol. The van der Waals surface area contributed by atoms with Crippen molar-refractivity contribution in [2.45, 2.75) is 58.5 Å². The standard InChI is InChI=1S/C19H31NO/c1-19(2,3)17-10-8-14(9-11-17)15-6-5-7-16(12-15)18(21)13-20-4/h5-7,12,14,17-18,20-21H,8-11,13H2,1-4H3. The van der Waals surface area contributed by atoms with E-state index < -0.39 is 6.10 Å². The smallest absolute Gasteiger partial charge is 0.0914 e. The summed E-state index contributed by atoms with van der Waals surface area (Å²) < 4.78 is 0. The van der Waals surface area contributed by atoms with Crippen molar-refractivity contribution in [1.29, 1.82) is 0 Å². The lowest BCUT2D eigenvalue weighted by Crippen LogP contribution is -2.25. The first-order valence-electron chi connectivity index (χ1n) is 8.34. The van der Waals surface area contributed by atoms with Gasteiger partial charge in [0.1, 0.15) is 0 Å². The summed E-state index contributed by atoms with van der Waals surface area (Å²) in [5.41, 5.74) is 2.89. The van der Waals surface area contributed by atoms with E-state index in [0.717, 1.165) is 11.5 Å². The lowest BCUT2D eigenvalue weighted by molar-refractivity contribution is 0.168. The number of rotatable bonds is 4. The first kappa shape index (κ1) is 16.5. The molecule has 0 aliphatic heterocycles. The van der Waals surface area contributed by atoms with Crippen molar-refractivity contribution in [3.63, 3.8) is 0 Å². The van der Waals surface area contributed by atoms with Crippen LogP contribution in [-0.2, 0) is 0 Å². The van der Waals surface area contributed by atoms with Crippen molar-refractivity contribution in [3.8, 4) is 0 Å². The second-order valence-electron chi connectivity index (χ2n) is 7.66. The zero-order chi connectivity index (χ0) is 15.5. The van der Waals surface area contributed by atoms with Crippen LogP contribution >= 0.6 is 0 Å². The van der Waals surface area contributed by atoms with E-state index in [1.807, 2.05) is 13.1 Å². The van der Waals surface area contributed by atoms with Crippen LogP contribution in [0.2, 0.25) is 0 Å². The molecule has 0 amide bonds. The molecule has 2 rings (SSSR count). The predicted molar refractivity (Wildman–Crippen MR) is 89.5 cm³/mol. The van der Waals surface area contributed by atoms with Gasteiger partial charge in [-0.05, 0) is 61.1 Å². The monoisotopic (exact) mass is 289 g/mol. The van der Waals surface area contributed by atoms with Crippen LogP contribution in [0.5, 0.6) is 0 Å². The minimum Gasteiger partial charge on any atom is -0.387 e. The third kappa shape index (κ3) is 4.31. The molecule has 0 radical (unpaired) electrons. The second kappa shape index (κ2) is 6.93. The van der Waals surface area contributed by atoms with E-state index in [0.29, 0.717) is 17.9 Å². The van der Waals surface area contributed by atoms with E-state index >= 15 is 0 Å². The summed E-state index contributed by atoms with van der Waals surface area (Å²) >= 11 is 0. The van der Waals surface area contributed by atoms with Crippen LogP contribution in [0.4, 0.5) is 0 Å². The largest absolute Gasteiger partial charge is 0.387 e. The maximum absolute atomic E-state index is 10.1. The van der Waals surface area contributed by atoms with Crippen molar-refractivity contribution in [2.75, 3.05) is 13.6 Å². The van der Waals surface area contributed by atoms with Gasteiger partial charge in [-0.25, -0.2) is 0 Å². The summed E-state index contributed by atoms with van der Waals surface area (Å²) in [6, 6.07) is 8.58. The number of aliphatic hydroxyl groups excluding tert-OH is 1. The van der Waals surface area contributed by atoms with Gasteiger partial charge in [0, 0.05) is 6.54 Å². The highest BCUT2D eigenvalue weighted by Gasteiger charge is 2.30. The molecule has 0 aromatic heterocycles. The maximum atomic E-state index is 10.1. The van der Waals surface area contributed by atoms with Gasteiger partial charge in [0.15, 0.2) is 0 Å². The number of nitrogens with one attached hydrogen (secondary N) is 1. The molecule has 1 aromatic carbocycles. The number of aliphatic hydroxyl groups is 1. The van der Waals surface area contributed by atoms with Gasteiger partial charge in [-0.3, -0.25) is 0 Å². The van der Waals surface area contributed by atoms with E-state index in [1.54, 1.807) is 0 Å². The van der Waals surface area contributed by atoms with Crippen LogP contribution in [0.25, 0.3) is 0 Å². The van der Waals surface area contributed by atoms with E-state index in [2.05, 4.69) is 44.3 Å². The first-order valence-corrected chi connectivity index (χ1v) is 8.34. The Balaban J connectivity index is 2.02. The summed E-state index contributed by atoms with van der Waals surface area (Å²) in [5.74, 6) is 1.53. The van der Waals surface area contributed by atoms with E-state index in [1.165, 1.54) is 31.2 Å². The van der Waals surface area contributed by atoms with Gasteiger partial charge in [0.05, 0.1) is 6.10 Å². The third-order valence-electron chi connectivity index (χ3n) is 5.12. The molecule has 1 saturated carbocycles. The SMILES string of the molecule is CNCC(O)c1cccc(C2CCC(C(C)(C)C)CC2)c1. The molecule has 1 aliphatic rings. The van der Waals surface area contributed by atoms with E-state index in [-0.39, 0.29) is 0 Å². The lowest BCUT2D eigenvalue weighted by Gasteiger charge is -2.37. The van der Waals surface area contributed by atoms with Gasteiger partial charge in [-0.15, -0.1) is 0 Å². The quantitative estimate of drug-likeness (QED) is 0.868. The Hall–Kier alpha value is -0.860. The normalized spacial score (nSPS) is 24.8. The van der Waals surface area contributed by atoms with E-state index in [4.69, 9.17) is 0 Å². The number of likely N-dealkylation sites (N-methyl/N-ethyl adjacent to an activating group) is 1. The van der Waals surface area contributed by atoms with Gasteiger partial charge in [0.25, 0.3) is 0 Å². The highest BCUT2D eigenvalue weighted by Crippen LogP contribution is 2.43. The van der Waals surface area contributed by atoms with Crippen LogP contribution in [0, 0.1) is 11.3 Å². The van der Waals surface area contributed by atoms with Gasteiger partial charge < -0.3 is 10.4 Å². The molecule has 2 heteroatoms. The van der Waals surface area contributed by atoms with Gasteiger partial charge in [-0.2, -0.15) is 0 Å². The summed E-state index contributed by atoms with van der Waals surface area (Å²) in [6.07, 6.45) is 4.83. The minimum absolute atomic E-state index is 0.402. The lowest BCUT2D eigenvalue weighted by atomic mass is 9.68. The zero-order valence-corrected chi connectivity index (χ0v) is 14.0. The topological polar surface area (TPSA) is 32.3 Å². The van der Waals surface area contributed by atoms with Crippen molar-refractivity contribution >= 4 is 0 Å². The van der Waals surface area contributed by atoms with Crippen molar-refractivity contribution in [3.05, 3.63) is 35.4 Å². The molecule has 0 saturated heterocycles. The number of hydrogen-bond donors (Lipinski definition) is 2. The summed E-state index contributed by atoms with van der Waals surface area (Å²) in [5, 5.41) is 13.2. The van der Waals surface area contributed by atoms with Crippen molar-refractivity contribution in [2.24, 2.45) is 11.3 Å². The molecule has 2 N–H and O–H groups in total. The predicted octanol–water partition coefficient (Wildman–Crippen LogP) is 4.26. The van der Waals surface area contributed by atoms with Crippen LogP contribution < -0.4 is 5.32 Å². The maximum Gasteiger partial charge on any atom is 0.0914 e. The number of benzene rings is 1. The Kier molecular flexibility index (Phi) is 5.45.